The van der Waals surface area contributed by atoms with Crippen molar-refractivity contribution in [3.05, 3.63) is 77.4 Å². The smallest absolute Gasteiger partial charge is 0.342 e. The molecule has 0 aliphatic heterocycles. The van der Waals surface area contributed by atoms with Gasteiger partial charge in [0.05, 0.1) is 22.5 Å². The van der Waals surface area contributed by atoms with Gasteiger partial charge in [-0.3, -0.25) is 19.2 Å². The fraction of sp³-hybridized carbons (Fsp3) is 0.526. The monoisotopic (exact) mass is 763 g/mol. The first-order chi connectivity index (χ1) is 24.3. The van der Waals surface area contributed by atoms with Gasteiger partial charge >= 0.3 is 12.1 Å². The first-order valence-electron chi connectivity index (χ1n) is 17.3. The molecule has 0 heterocycles. The summed E-state index contributed by atoms with van der Waals surface area (Å²) >= 11 is 0. The molecule has 0 aromatic heterocycles. The molecule has 4 N–H and O–H groups in total. The Kier molecular flexibility index (Phi) is 13.0. The van der Waals surface area contributed by atoms with E-state index in [1.807, 2.05) is 88.8 Å². The lowest BCUT2D eigenvalue weighted by molar-refractivity contribution is -0.174. The second kappa shape index (κ2) is 16.0. The SMILES string of the molecule is CNC(C(=O)NC(C(=O)N(C)C(/C=C(\C)C(=O)NS(=O)(=O)c1ccc(C2(NC(=O)C(F)(F)F)CC2)cc1)C(C)C)C(C)(C)C)C(C)(C)c1ccccc1. The van der Waals surface area contributed by atoms with Gasteiger partial charge in [0.2, 0.25) is 11.8 Å². The van der Waals surface area contributed by atoms with E-state index in [0.29, 0.717) is 5.56 Å². The molecule has 2 aromatic rings. The van der Waals surface area contributed by atoms with Gasteiger partial charge in [-0.2, -0.15) is 13.2 Å². The van der Waals surface area contributed by atoms with Crippen molar-refractivity contribution in [2.75, 3.05) is 14.1 Å². The summed E-state index contributed by atoms with van der Waals surface area (Å²) in [7, 11) is -1.17. The Morgan fingerprint density at radius 3 is 1.89 bits per heavy atom. The molecule has 1 aliphatic rings. The number of halogens is 3. The van der Waals surface area contributed by atoms with Crippen LogP contribution in [0.25, 0.3) is 0 Å². The molecule has 292 valence electrons. The molecule has 1 fully saturated rings. The summed E-state index contributed by atoms with van der Waals surface area (Å²) in [5.41, 5.74) is -1.36. The summed E-state index contributed by atoms with van der Waals surface area (Å²) in [6.07, 6.45) is -3.07. The molecule has 3 atom stereocenters. The first-order valence-corrected chi connectivity index (χ1v) is 18.8. The Morgan fingerprint density at radius 1 is 0.887 bits per heavy atom. The second-order valence-electron chi connectivity index (χ2n) is 15.6. The van der Waals surface area contributed by atoms with Gasteiger partial charge in [0.15, 0.2) is 0 Å². The number of carbonyl (C=O) groups excluding carboxylic acids is 4. The van der Waals surface area contributed by atoms with Crippen LogP contribution in [0.5, 0.6) is 0 Å². The molecular weight excluding hydrogens is 712 g/mol. The average Bonchev–Trinajstić information content (AvgIpc) is 3.85. The second-order valence-corrected chi connectivity index (χ2v) is 17.3. The minimum Gasteiger partial charge on any atom is -0.342 e. The van der Waals surface area contributed by atoms with E-state index in [-0.39, 0.29) is 35.1 Å². The zero-order chi connectivity index (χ0) is 40.3. The Balaban J connectivity index is 1.79. The Bertz CT molecular complexity index is 1800. The van der Waals surface area contributed by atoms with Crippen LogP contribution in [0.4, 0.5) is 13.2 Å². The molecule has 1 aliphatic carbocycles. The van der Waals surface area contributed by atoms with Crippen LogP contribution in [0.15, 0.2) is 71.1 Å². The lowest BCUT2D eigenvalue weighted by Crippen LogP contribution is -2.61. The molecule has 0 spiro atoms. The van der Waals surface area contributed by atoms with Crippen LogP contribution in [0.1, 0.15) is 79.4 Å². The van der Waals surface area contributed by atoms with Crippen molar-refractivity contribution >= 4 is 33.7 Å². The highest BCUT2D eigenvalue weighted by molar-refractivity contribution is 7.90. The summed E-state index contributed by atoms with van der Waals surface area (Å²) in [6.45, 7) is 14.5. The van der Waals surface area contributed by atoms with E-state index < -0.39 is 68.4 Å². The average molecular weight is 764 g/mol. The molecule has 15 heteroatoms. The number of amides is 4. The van der Waals surface area contributed by atoms with Gasteiger partial charge < -0.3 is 20.9 Å². The van der Waals surface area contributed by atoms with Crippen LogP contribution in [-0.2, 0) is 40.2 Å². The zero-order valence-electron chi connectivity index (χ0n) is 31.9. The van der Waals surface area contributed by atoms with E-state index in [4.69, 9.17) is 0 Å². The summed E-state index contributed by atoms with van der Waals surface area (Å²) in [5, 5.41) is 8.06. The normalized spacial score (nSPS) is 16.6. The highest BCUT2D eigenvalue weighted by atomic mass is 32.2. The summed E-state index contributed by atoms with van der Waals surface area (Å²) in [6, 6.07) is 12.1. The summed E-state index contributed by atoms with van der Waals surface area (Å²) < 4.78 is 66.8. The predicted molar refractivity (Wildman–Crippen MR) is 196 cm³/mol. The minimum atomic E-state index is -5.06. The van der Waals surface area contributed by atoms with Crippen molar-refractivity contribution in [2.45, 2.75) is 108 Å². The van der Waals surface area contributed by atoms with Crippen molar-refractivity contribution in [3.8, 4) is 0 Å². The lowest BCUT2D eigenvalue weighted by atomic mass is 9.76. The van der Waals surface area contributed by atoms with E-state index in [1.54, 1.807) is 14.1 Å². The molecule has 2 aromatic carbocycles. The molecule has 1 saturated carbocycles. The molecule has 3 rings (SSSR count). The van der Waals surface area contributed by atoms with Gasteiger partial charge in [0.1, 0.15) is 6.04 Å². The van der Waals surface area contributed by atoms with E-state index >= 15 is 0 Å². The number of likely N-dealkylation sites (N-methyl/N-ethyl adjacent to an activating group) is 2. The maximum Gasteiger partial charge on any atom is 0.471 e. The summed E-state index contributed by atoms with van der Waals surface area (Å²) in [5.74, 6) is -4.04. The molecule has 4 amide bonds. The fourth-order valence-corrected chi connectivity index (χ4v) is 7.29. The number of rotatable bonds is 14. The first kappa shape index (κ1) is 43.2. The number of hydrogen-bond donors (Lipinski definition) is 4. The Morgan fingerprint density at radius 2 is 1.43 bits per heavy atom. The van der Waals surface area contributed by atoms with Gasteiger partial charge in [0, 0.05) is 18.0 Å². The molecule has 11 nitrogen and oxygen atoms in total. The highest BCUT2D eigenvalue weighted by Crippen LogP contribution is 2.46. The number of nitrogens with one attached hydrogen (secondary N) is 4. The zero-order valence-corrected chi connectivity index (χ0v) is 32.8. The van der Waals surface area contributed by atoms with Gasteiger partial charge in [-0.15, -0.1) is 0 Å². The maximum atomic E-state index is 14.2. The van der Waals surface area contributed by atoms with Crippen LogP contribution in [-0.4, -0.2) is 75.3 Å². The van der Waals surface area contributed by atoms with Crippen LogP contribution < -0.4 is 20.7 Å². The number of nitrogens with zero attached hydrogens (tertiary/aromatic N) is 1. The standard InChI is InChI=1S/C38H52F3N5O6S/c1-23(2)28(46(10)33(49)30(35(4,5)6)43-32(48)29(42-9)36(7,8)25-14-12-11-13-15-25)22-24(3)31(47)45-53(51,52)27-18-16-26(17-19-27)37(20-21-37)44-34(50)38(39,40)41/h11-19,22-23,28-30,42H,20-21H2,1-10H3,(H,43,48)(H,44,50)(H,45,47)/b24-22+. The van der Waals surface area contributed by atoms with Crippen molar-refractivity contribution in [1.82, 2.24) is 25.6 Å². The minimum absolute atomic E-state index is 0.00606. The van der Waals surface area contributed by atoms with Crippen molar-refractivity contribution in [2.24, 2.45) is 11.3 Å². The predicted octanol–water partition coefficient (Wildman–Crippen LogP) is 4.69. The highest BCUT2D eigenvalue weighted by Gasteiger charge is 2.51. The van der Waals surface area contributed by atoms with Crippen molar-refractivity contribution in [1.29, 1.82) is 0 Å². The van der Waals surface area contributed by atoms with Gasteiger partial charge in [-0.05, 0) is 61.4 Å². The molecular formula is C38H52F3N5O6S. The van der Waals surface area contributed by atoms with E-state index in [9.17, 15) is 40.8 Å². The van der Waals surface area contributed by atoms with Crippen molar-refractivity contribution in [3.63, 3.8) is 0 Å². The molecule has 0 radical (unpaired) electrons. The van der Waals surface area contributed by atoms with Crippen LogP contribution >= 0.6 is 0 Å². The largest absolute Gasteiger partial charge is 0.471 e. The third-order valence-corrected chi connectivity index (χ3v) is 11.1. The summed E-state index contributed by atoms with van der Waals surface area (Å²) in [4.78, 5) is 53.8. The maximum absolute atomic E-state index is 14.2. The molecule has 0 bridgehead atoms. The third kappa shape index (κ3) is 10.3. The van der Waals surface area contributed by atoms with Crippen LogP contribution in [0.2, 0.25) is 0 Å². The number of carbonyl (C=O) groups is 4. The number of sulfonamides is 1. The van der Waals surface area contributed by atoms with Gasteiger partial charge in [-0.25, -0.2) is 13.1 Å². The number of benzene rings is 2. The van der Waals surface area contributed by atoms with Crippen LogP contribution in [0.3, 0.4) is 0 Å². The number of alkyl halides is 3. The Hall–Kier alpha value is -4.24. The number of hydrogen-bond acceptors (Lipinski definition) is 7. The topological polar surface area (TPSA) is 154 Å². The van der Waals surface area contributed by atoms with E-state index in [2.05, 4.69) is 10.6 Å². The quantitative estimate of drug-likeness (QED) is 0.204. The van der Waals surface area contributed by atoms with E-state index in [0.717, 1.165) is 17.7 Å². The Labute approximate surface area is 310 Å². The lowest BCUT2D eigenvalue weighted by Gasteiger charge is -2.40. The van der Waals surface area contributed by atoms with Crippen LogP contribution in [0, 0.1) is 11.3 Å². The van der Waals surface area contributed by atoms with Crippen molar-refractivity contribution < 1.29 is 40.8 Å². The van der Waals surface area contributed by atoms with E-state index in [1.165, 1.54) is 30.0 Å². The molecule has 53 heavy (non-hydrogen) atoms. The van der Waals surface area contributed by atoms with Gasteiger partial charge in [-0.1, -0.05) is 97.0 Å². The molecule has 0 saturated heterocycles. The third-order valence-electron chi connectivity index (χ3n) is 9.75. The van der Waals surface area contributed by atoms with Gasteiger partial charge in [0.25, 0.3) is 15.9 Å². The molecule has 3 unspecified atom stereocenters. The fourth-order valence-electron chi connectivity index (χ4n) is 6.28.